The van der Waals surface area contributed by atoms with E-state index in [2.05, 4.69) is 35.6 Å². The second-order valence-electron chi connectivity index (χ2n) is 6.65. The summed E-state index contributed by atoms with van der Waals surface area (Å²) < 4.78 is 1.80. The third-order valence-corrected chi connectivity index (χ3v) is 4.57. The Labute approximate surface area is 176 Å². The Bertz CT molecular complexity index is 1350. The van der Waals surface area contributed by atoms with Crippen molar-refractivity contribution in [2.75, 3.05) is 10.6 Å². The van der Waals surface area contributed by atoms with Crippen molar-refractivity contribution in [2.45, 2.75) is 0 Å². The van der Waals surface area contributed by atoms with Crippen molar-refractivity contribution in [1.29, 1.82) is 0 Å². The van der Waals surface area contributed by atoms with E-state index in [-0.39, 0.29) is 5.91 Å². The SMILES string of the molecule is O=C(Nc1ccc(Nc2cc(-n3ccnc3)ncn2)cc1)c1ccc2nccnc2c1. The van der Waals surface area contributed by atoms with Crippen LogP contribution < -0.4 is 10.6 Å². The van der Waals surface area contributed by atoms with Gasteiger partial charge >= 0.3 is 0 Å². The first-order chi connectivity index (χ1) is 15.2. The monoisotopic (exact) mass is 408 g/mol. The summed E-state index contributed by atoms with van der Waals surface area (Å²) in [4.78, 5) is 33.5. The fourth-order valence-corrected chi connectivity index (χ4v) is 3.04. The molecule has 0 fully saturated rings. The lowest BCUT2D eigenvalue weighted by atomic mass is 10.1. The summed E-state index contributed by atoms with van der Waals surface area (Å²) in [5, 5.41) is 6.12. The number of amides is 1. The molecule has 0 saturated heterocycles. The third-order valence-electron chi connectivity index (χ3n) is 4.57. The first-order valence-electron chi connectivity index (χ1n) is 9.44. The molecule has 0 bridgehead atoms. The lowest BCUT2D eigenvalue weighted by Gasteiger charge is -2.09. The highest BCUT2D eigenvalue weighted by Gasteiger charge is 2.08. The van der Waals surface area contributed by atoms with Gasteiger partial charge in [0, 0.05) is 47.8 Å². The van der Waals surface area contributed by atoms with E-state index >= 15 is 0 Å². The van der Waals surface area contributed by atoms with Gasteiger partial charge in [-0.1, -0.05) is 0 Å². The van der Waals surface area contributed by atoms with Gasteiger partial charge in [-0.25, -0.2) is 15.0 Å². The number of nitrogens with zero attached hydrogens (tertiary/aromatic N) is 6. The number of rotatable bonds is 5. The molecule has 0 unspecified atom stereocenters. The topological polar surface area (TPSA) is 111 Å². The van der Waals surface area contributed by atoms with Crippen LogP contribution in [0, 0.1) is 0 Å². The quantitative estimate of drug-likeness (QED) is 0.457. The van der Waals surface area contributed by atoms with Gasteiger partial charge < -0.3 is 10.6 Å². The molecule has 3 aromatic heterocycles. The van der Waals surface area contributed by atoms with E-state index in [9.17, 15) is 4.79 Å². The summed E-state index contributed by atoms with van der Waals surface area (Å²) >= 11 is 0. The average Bonchev–Trinajstić information content (AvgIpc) is 3.35. The van der Waals surface area contributed by atoms with Crippen LogP contribution >= 0.6 is 0 Å². The zero-order valence-electron chi connectivity index (χ0n) is 16.2. The van der Waals surface area contributed by atoms with E-state index in [1.165, 1.54) is 6.33 Å². The second kappa shape index (κ2) is 7.99. The molecular weight excluding hydrogens is 392 g/mol. The molecular formula is C22H16N8O. The van der Waals surface area contributed by atoms with Crippen LogP contribution in [-0.4, -0.2) is 35.4 Å². The van der Waals surface area contributed by atoms with E-state index in [4.69, 9.17) is 0 Å². The lowest BCUT2D eigenvalue weighted by molar-refractivity contribution is 0.102. The van der Waals surface area contributed by atoms with Crippen LogP contribution in [0.2, 0.25) is 0 Å². The molecule has 9 nitrogen and oxygen atoms in total. The van der Waals surface area contributed by atoms with Crippen LogP contribution in [0.15, 0.2) is 86.0 Å². The summed E-state index contributed by atoms with van der Waals surface area (Å²) in [7, 11) is 0. The highest BCUT2D eigenvalue weighted by Crippen LogP contribution is 2.19. The van der Waals surface area contributed by atoms with Crippen molar-refractivity contribution < 1.29 is 4.79 Å². The van der Waals surface area contributed by atoms with Gasteiger partial charge in [0.25, 0.3) is 5.91 Å². The van der Waals surface area contributed by atoms with Crippen LogP contribution in [0.5, 0.6) is 0 Å². The van der Waals surface area contributed by atoms with Gasteiger partial charge in [-0.15, -0.1) is 0 Å². The minimum absolute atomic E-state index is 0.214. The highest BCUT2D eigenvalue weighted by molar-refractivity contribution is 6.05. The Kier molecular flexibility index (Phi) is 4.74. The molecule has 1 amide bonds. The number of carbonyl (C=O) groups is 1. The van der Waals surface area contributed by atoms with Gasteiger partial charge in [-0.3, -0.25) is 19.3 Å². The maximum Gasteiger partial charge on any atom is 0.255 e. The van der Waals surface area contributed by atoms with Crippen molar-refractivity contribution in [2.24, 2.45) is 0 Å². The zero-order chi connectivity index (χ0) is 21.0. The highest BCUT2D eigenvalue weighted by atomic mass is 16.1. The number of hydrogen-bond donors (Lipinski definition) is 2. The van der Waals surface area contributed by atoms with Gasteiger partial charge in [-0.2, -0.15) is 0 Å². The predicted octanol–water partition coefficient (Wildman–Crippen LogP) is 3.60. The average molecular weight is 408 g/mol. The maximum atomic E-state index is 12.6. The van der Waals surface area contributed by atoms with Crippen LogP contribution in [0.4, 0.5) is 17.2 Å². The van der Waals surface area contributed by atoms with Crippen LogP contribution in [0.25, 0.3) is 16.9 Å². The summed E-state index contributed by atoms with van der Waals surface area (Å²) in [5.74, 6) is 1.14. The minimum atomic E-state index is -0.214. The fraction of sp³-hybridized carbons (Fsp3) is 0. The Morgan fingerprint density at radius 3 is 2.42 bits per heavy atom. The minimum Gasteiger partial charge on any atom is -0.340 e. The summed E-state index contributed by atoms with van der Waals surface area (Å²) in [5.41, 5.74) is 3.44. The van der Waals surface area contributed by atoms with Gasteiger partial charge in [0.15, 0.2) is 0 Å². The molecule has 5 aromatic rings. The summed E-state index contributed by atoms with van der Waals surface area (Å²) in [6.07, 6.45) is 9.88. The molecule has 0 aliphatic heterocycles. The Morgan fingerprint density at radius 2 is 1.61 bits per heavy atom. The van der Waals surface area contributed by atoms with Crippen molar-refractivity contribution in [3.63, 3.8) is 0 Å². The van der Waals surface area contributed by atoms with Crippen LogP contribution in [0.1, 0.15) is 10.4 Å². The van der Waals surface area contributed by atoms with Crippen molar-refractivity contribution >= 4 is 34.1 Å². The molecule has 0 radical (unpaired) electrons. The van der Waals surface area contributed by atoms with Crippen molar-refractivity contribution in [1.82, 2.24) is 29.5 Å². The molecule has 0 atom stereocenters. The standard InChI is InChI=1S/C22H16N8O/c31-22(15-1-6-18-19(11-15)25-8-7-24-18)29-17-4-2-16(3-5-17)28-20-12-21(27-13-26-20)30-10-9-23-14-30/h1-14H,(H,29,31)(H,26,27,28). The van der Waals surface area contributed by atoms with Crippen LogP contribution in [-0.2, 0) is 0 Å². The molecule has 0 aliphatic carbocycles. The number of carbonyl (C=O) groups excluding carboxylic acids is 1. The molecule has 2 N–H and O–H groups in total. The second-order valence-corrected chi connectivity index (χ2v) is 6.65. The molecule has 9 heteroatoms. The number of aromatic nitrogens is 6. The molecule has 3 heterocycles. The van der Waals surface area contributed by atoms with E-state index < -0.39 is 0 Å². The molecule has 31 heavy (non-hydrogen) atoms. The largest absolute Gasteiger partial charge is 0.340 e. The predicted molar refractivity (Wildman–Crippen MR) is 116 cm³/mol. The number of imidazole rings is 1. The smallest absolute Gasteiger partial charge is 0.255 e. The summed E-state index contributed by atoms with van der Waals surface area (Å²) in [6, 6.07) is 14.4. The first-order valence-corrected chi connectivity index (χ1v) is 9.44. The number of nitrogens with one attached hydrogen (secondary N) is 2. The Hall–Kier alpha value is -4.66. The Balaban J connectivity index is 1.27. The fourth-order valence-electron chi connectivity index (χ4n) is 3.04. The maximum absolute atomic E-state index is 12.6. The molecule has 0 spiro atoms. The van der Waals surface area contributed by atoms with E-state index in [1.54, 1.807) is 47.7 Å². The number of fused-ring (bicyclic) bond motifs is 1. The molecule has 2 aromatic carbocycles. The molecule has 5 rings (SSSR count). The summed E-state index contributed by atoms with van der Waals surface area (Å²) in [6.45, 7) is 0. The molecule has 0 saturated carbocycles. The van der Waals surface area contributed by atoms with Gasteiger partial charge in [0.05, 0.1) is 11.0 Å². The van der Waals surface area contributed by atoms with Gasteiger partial charge in [0.1, 0.15) is 24.3 Å². The van der Waals surface area contributed by atoms with Gasteiger partial charge in [0.2, 0.25) is 0 Å². The third kappa shape index (κ3) is 4.06. The lowest BCUT2D eigenvalue weighted by Crippen LogP contribution is -2.11. The number of anilines is 3. The first kappa shape index (κ1) is 18.4. The van der Waals surface area contributed by atoms with Crippen LogP contribution in [0.3, 0.4) is 0 Å². The number of hydrogen-bond acceptors (Lipinski definition) is 7. The van der Waals surface area contributed by atoms with Crippen molar-refractivity contribution in [3.8, 4) is 5.82 Å². The van der Waals surface area contributed by atoms with Crippen molar-refractivity contribution in [3.05, 3.63) is 91.5 Å². The number of benzene rings is 2. The van der Waals surface area contributed by atoms with Gasteiger partial charge in [-0.05, 0) is 42.5 Å². The van der Waals surface area contributed by atoms with E-state index in [0.717, 1.165) is 11.2 Å². The van der Waals surface area contributed by atoms with E-state index in [0.29, 0.717) is 28.4 Å². The normalized spacial score (nSPS) is 10.7. The molecule has 150 valence electrons. The Morgan fingerprint density at radius 1 is 0.806 bits per heavy atom. The zero-order valence-corrected chi connectivity index (χ0v) is 16.2. The molecule has 0 aliphatic rings. The van der Waals surface area contributed by atoms with E-state index in [1.807, 2.05) is 36.5 Å².